The fourth-order valence-electron chi connectivity index (χ4n) is 4.16. The average molecular weight is 421 g/mol. The molecule has 3 aromatic carbocycles. The van der Waals surface area contributed by atoms with Gasteiger partial charge in [0.2, 0.25) is 0 Å². The number of ketones is 1. The first-order valence-electron chi connectivity index (χ1n) is 9.96. The third-order valence-electron chi connectivity index (χ3n) is 5.72. The maximum atomic E-state index is 13.3. The van der Waals surface area contributed by atoms with E-state index >= 15 is 0 Å². The van der Waals surface area contributed by atoms with Gasteiger partial charge < -0.3 is 24.6 Å². The summed E-state index contributed by atoms with van der Waals surface area (Å²) < 4.78 is 25.5. The molecule has 2 aliphatic heterocycles. The van der Waals surface area contributed by atoms with E-state index in [1.807, 2.05) is 35.2 Å². The number of aliphatic hydroxyl groups excluding tert-OH is 1. The summed E-state index contributed by atoms with van der Waals surface area (Å²) in [5, 5.41) is 20.6. The number of anilines is 1. The number of aromatic hydroxyl groups is 1. The number of carbonyl (C=O) groups is 1. The smallest absolute Gasteiger partial charge is 0.174 e. The minimum atomic E-state index is -0.495. The van der Waals surface area contributed by atoms with E-state index in [4.69, 9.17) is 9.47 Å². The molecule has 0 radical (unpaired) electrons. The molecule has 0 fully saturated rings. The molecule has 158 valence electrons. The lowest BCUT2D eigenvalue weighted by Gasteiger charge is -2.36. The number of carbonyl (C=O) groups excluding carboxylic acids is 1. The Balaban J connectivity index is 1.61. The summed E-state index contributed by atoms with van der Waals surface area (Å²) in [5.74, 6) is -0.321. The standard InChI is InChI=1S/C24H20FNO5/c25-15-6-8-16(9-7-15)26-11-17-23(30-13-26)18(12-27)22(29)21-19(28)10-20(31-24(17)21)14-4-2-1-3-5-14/h1-9,20,27,29H,10-13H2. The highest BCUT2D eigenvalue weighted by Gasteiger charge is 2.38. The Kier molecular flexibility index (Phi) is 4.75. The van der Waals surface area contributed by atoms with Crippen molar-refractivity contribution in [1.29, 1.82) is 0 Å². The lowest BCUT2D eigenvalue weighted by atomic mass is 9.90. The lowest BCUT2D eigenvalue weighted by molar-refractivity contribution is 0.0838. The minimum absolute atomic E-state index is 0.0690. The maximum Gasteiger partial charge on any atom is 0.174 e. The molecule has 31 heavy (non-hydrogen) atoms. The van der Waals surface area contributed by atoms with Gasteiger partial charge in [0.15, 0.2) is 12.5 Å². The van der Waals surface area contributed by atoms with Crippen molar-refractivity contribution in [1.82, 2.24) is 0 Å². The number of Topliss-reactive ketones (excluding diaryl/α,β-unsaturated/α-hetero) is 1. The van der Waals surface area contributed by atoms with E-state index in [0.717, 1.165) is 11.3 Å². The zero-order valence-corrected chi connectivity index (χ0v) is 16.5. The van der Waals surface area contributed by atoms with Crippen LogP contribution in [0.3, 0.4) is 0 Å². The molecule has 6 nitrogen and oxygen atoms in total. The molecule has 2 heterocycles. The van der Waals surface area contributed by atoms with Crippen molar-refractivity contribution in [3.8, 4) is 17.2 Å². The second kappa shape index (κ2) is 7.59. The Morgan fingerprint density at radius 3 is 2.52 bits per heavy atom. The highest BCUT2D eigenvalue weighted by Crippen LogP contribution is 2.50. The molecule has 0 spiro atoms. The van der Waals surface area contributed by atoms with Gasteiger partial charge in [0.25, 0.3) is 0 Å². The molecule has 0 bridgehead atoms. The largest absolute Gasteiger partial charge is 0.507 e. The van der Waals surface area contributed by atoms with Crippen molar-refractivity contribution in [2.24, 2.45) is 0 Å². The van der Waals surface area contributed by atoms with E-state index in [1.165, 1.54) is 12.1 Å². The number of hydrogen-bond donors (Lipinski definition) is 2. The van der Waals surface area contributed by atoms with Crippen molar-refractivity contribution in [2.75, 3.05) is 11.6 Å². The molecular formula is C24H20FNO5. The molecule has 0 amide bonds. The van der Waals surface area contributed by atoms with Gasteiger partial charge >= 0.3 is 0 Å². The van der Waals surface area contributed by atoms with E-state index in [-0.39, 0.29) is 47.4 Å². The number of phenols is 1. The lowest BCUT2D eigenvalue weighted by Crippen LogP contribution is -2.34. The highest BCUT2D eigenvalue weighted by molar-refractivity contribution is 6.04. The van der Waals surface area contributed by atoms with Crippen molar-refractivity contribution >= 4 is 11.5 Å². The van der Waals surface area contributed by atoms with Crippen LogP contribution in [0.25, 0.3) is 0 Å². The molecule has 7 heteroatoms. The molecule has 0 saturated heterocycles. The molecule has 0 saturated carbocycles. The van der Waals surface area contributed by atoms with Gasteiger partial charge in [-0.05, 0) is 29.8 Å². The van der Waals surface area contributed by atoms with Crippen molar-refractivity contribution in [3.05, 3.63) is 82.7 Å². The molecule has 1 unspecified atom stereocenters. The van der Waals surface area contributed by atoms with Crippen LogP contribution in [-0.2, 0) is 13.2 Å². The normalized spacial score (nSPS) is 17.4. The topological polar surface area (TPSA) is 79.2 Å². The fraction of sp³-hybridized carbons (Fsp3) is 0.208. The Hall–Kier alpha value is -3.58. The molecule has 2 N–H and O–H groups in total. The van der Waals surface area contributed by atoms with E-state index in [0.29, 0.717) is 17.9 Å². The Labute approximate surface area is 178 Å². The number of nitrogens with zero attached hydrogens (tertiary/aromatic N) is 1. The third kappa shape index (κ3) is 3.27. The highest BCUT2D eigenvalue weighted by atomic mass is 19.1. The number of ether oxygens (including phenoxy) is 2. The van der Waals surface area contributed by atoms with Gasteiger partial charge in [0.05, 0.1) is 30.7 Å². The zero-order chi connectivity index (χ0) is 21.5. The molecule has 5 rings (SSSR count). The van der Waals surface area contributed by atoms with Gasteiger partial charge in [-0.3, -0.25) is 4.79 Å². The number of rotatable bonds is 3. The Bertz CT molecular complexity index is 1150. The first kappa shape index (κ1) is 19.4. The van der Waals surface area contributed by atoms with Crippen LogP contribution in [0.15, 0.2) is 54.6 Å². The van der Waals surface area contributed by atoms with Crippen LogP contribution in [0.5, 0.6) is 17.2 Å². The van der Waals surface area contributed by atoms with Crippen LogP contribution in [-0.4, -0.2) is 22.7 Å². The molecule has 0 aliphatic carbocycles. The predicted octanol–water partition coefficient (Wildman–Crippen LogP) is 4.09. The van der Waals surface area contributed by atoms with Gasteiger partial charge in [-0.25, -0.2) is 4.39 Å². The summed E-state index contributed by atoms with van der Waals surface area (Å²) >= 11 is 0. The third-order valence-corrected chi connectivity index (χ3v) is 5.72. The van der Waals surface area contributed by atoms with E-state index in [9.17, 15) is 19.4 Å². The van der Waals surface area contributed by atoms with Crippen molar-refractivity contribution < 1.29 is 28.9 Å². The van der Waals surface area contributed by atoms with Crippen LogP contribution in [0, 0.1) is 5.82 Å². The Morgan fingerprint density at radius 1 is 1.06 bits per heavy atom. The minimum Gasteiger partial charge on any atom is -0.507 e. The van der Waals surface area contributed by atoms with Crippen LogP contribution >= 0.6 is 0 Å². The summed E-state index contributed by atoms with van der Waals surface area (Å²) in [6, 6.07) is 15.4. The summed E-state index contributed by atoms with van der Waals surface area (Å²) in [4.78, 5) is 14.9. The van der Waals surface area contributed by atoms with Gasteiger partial charge in [0.1, 0.15) is 34.7 Å². The summed E-state index contributed by atoms with van der Waals surface area (Å²) in [5.41, 5.74) is 2.40. The Morgan fingerprint density at radius 2 is 1.81 bits per heavy atom. The fourth-order valence-corrected chi connectivity index (χ4v) is 4.16. The van der Waals surface area contributed by atoms with Crippen LogP contribution in [0.4, 0.5) is 10.1 Å². The van der Waals surface area contributed by atoms with E-state index < -0.39 is 12.7 Å². The van der Waals surface area contributed by atoms with E-state index in [1.54, 1.807) is 12.1 Å². The average Bonchev–Trinajstić information content (AvgIpc) is 2.80. The van der Waals surface area contributed by atoms with Crippen LogP contribution < -0.4 is 14.4 Å². The summed E-state index contributed by atoms with van der Waals surface area (Å²) in [6.45, 7) is -0.0291. The molecule has 0 aromatic heterocycles. The van der Waals surface area contributed by atoms with E-state index in [2.05, 4.69) is 0 Å². The molecule has 3 aromatic rings. The monoisotopic (exact) mass is 421 g/mol. The van der Waals surface area contributed by atoms with Crippen molar-refractivity contribution in [2.45, 2.75) is 25.7 Å². The number of hydrogen-bond acceptors (Lipinski definition) is 6. The molecule has 2 aliphatic rings. The molecular weight excluding hydrogens is 401 g/mol. The van der Waals surface area contributed by atoms with Crippen molar-refractivity contribution in [3.63, 3.8) is 0 Å². The zero-order valence-electron chi connectivity index (χ0n) is 16.5. The SMILES string of the molecule is O=C1CC(c2ccccc2)Oc2c3c(c(CO)c(O)c21)OCN(c1ccc(F)cc1)C3. The van der Waals surface area contributed by atoms with Gasteiger partial charge in [-0.2, -0.15) is 0 Å². The summed E-state index contributed by atoms with van der Waals surface area (Å²) in [6.07, 6.45) is -0.414. The van der Waals surface area contributed by atoms with Crippen LogP contribution in [0.2, 0.25) is 0 Å². The molecule has 1 atom stereocenters. The van der Waals surface area contributed by atoms with Crippen LogP contribution in [0.1, 0.15) is 39.6 Å². The first-order valence-corrected chi connectivity index (χ1v) is 9.96. The second-order valence-electron chi connectivity index (χ2n) is 7.59. The quantitative estimate of drug-likeness (QED) is 0.663. The predicted molar refractivity (Wildman–Crippen MR) is 111 cm³/mol. The maximum absolute atomic E-state index is 13.3. The second-order valence-corrected chi connectivity index (χ2v) is 7.59. The number of aliphatic hydroxyl groups is 1. The first-order chi connectivity index (χ1) is 15.1. The number of fused-ring (bicyclic) bond motifs is 3. The number of benzene rings is 3. The summed E-state index contributed by atoms with van der Waals surface area (Å²) in [7, 11) is 0. The number of halogens is 1. The van der Waals surface area contributed by atoms with Gasteiger partial charge in [-0.1, -0.05) is 30.3 Å². The van der Waals surface area contributed by atoms with Gasteiger partial charge in [0, 0.05) is 5.69 Å². The van der Waals surface area contributed by atoms with Gasteiger partial charge in [-0.15, -0.1) is 0 Å².